The minimum atomic E-state index is -3.70. The highest BCUT2D eigenvalue weighted by atomic mass is 79.9. The summed E-state index contributed by atoms with van der Waals surface area (Å²) in [7, 11) is -3.70. The number of halogens is 4. The van der Waals surface area contributed by atoms with Gasteiger partial charge in [-0.1, -0.05) is 27.5 Å². The van der Waals surface area contributed by atoms with Crippen LogP contribution in [-0.2, 0) is 10.0 Å². The first-order chi connectivity index (χ1) is 12.7. The summed E-state index contributed by atoms with van der Waals surface area (Å²) in [4.78, 5) is 14.3. The van der Waals surface area contributed by atoms with Gasteiger partial charge in [0.2, 0.25) is 10.0 Å². The normalized spacial score (nSPS) is 15.8. The van der Waals surface area contributed by atoms with Crippen LogP contribution in [0.2, 0.25) is 5.02 Å². The summed E-state index contributed by atoms with van der Waals surface area (Å²) in [6, 6.07) is 8.53. The molecular weight excluding hydrogens is 527 g/mol. The molecular formula is C17H14Br2ClFN2O3S. The van der Waals surface area contributed by atoms with Crippen molar-refractivity contribution < 1.29 is 17.6 Å². The number of hydrogen-bond donors (Lipinski definition) is 0. The molecule has 5 nitrogen and oxygen atoms in total. The van der Waals surface area contributed by atoms with E-state index >= 15 is 0 Å². The van der Waals surface area contributed by atoms with Crippen molar-refractivity contribution in [3.05, 3.63) is 61.7 Å². The number of carbonyl (C=O) groups excluding carboxylic acids is 1. The molecule has 0 unspecified atom stereocenters. The number of benzene rings is 2. The summed E-state index contributed by atoms with van der Waals surface area (Å²) in [5, 5.41) is 0.0353. The molecule has 0 bridgehead atoms. The van der Waals surface area contributed by atoms with Gasteiger partial charge in [-0.05, 0) is 52.3 Å². The second kappa shape index (κ2) is 8.16. The van der Waals surface area contributed by atoms with Crippen molar-refractivity contribution in [3.63, 3.8) is 0 Å². The summed E-state index contributed by atoms with van der Waals surface area (Å²) in [5.74, 6) is -0.868. The molecule has 0 spiro atoms. The zero-order valence-corrected chi connectivity index (χ0v) is 18.6. The van der Waals surface area contributed by atoms with Crippen molar-refractivity contribution in [1.82, 2.24) is 9.21 Å². The molecule has 0 N–H and O–H groups in total. The van der Waals surface area contributed by atoms with E-state index in [4.69, 9.17) is 11.6 Å². The number of amides is 1. The molecule has 3 rings (SSSR count). The van der Waals surface area contributed by atoms with Crippen molar-refractivity contribution in [2.24, 2.45) is 0 Å². The van der Waals surface area contributed by atoms with E-state index in [1.54, 1.807) is 12.1 Å². The zero-order valence-electron chi connectivity index (χ0n) is 13.8. The van der Waals surface area contributed by atoms with Gasteiger partial charge in [0.05, 0.1) is 15.5 Å². The maximum atomic E-state index is 13.2. The fraction of sp³-hybridized carbons (Fsp3) is 0.235. The van der Waals surface area contributed by atoms with E-state index in [2.05, 4.69) is 31.9 Å². The molecule has 0 aliphatic carbocycles. The van der Waals surface area contributed by atoms with Gasteiger partial charge in [-0.3, -0.25) is 4.79 Å². The van der Waals surface area contributed by atoms with E-state index in [0.717, 1.165) is 6.07 Å². The number of carbonyl (C=O) groups is 1. The minimum absolute atomic E-state index is 0.0353. The lowest BCUT2D eigenvalue weighted by Gasteiger charge is -2.34. The number of hydrogen-bond acceptors (Lipinski definition) is 3. The number of sulfonamides is 1. The molecule has 144 valence electrons. The maximum absolute atomic E-state index is 13.2. The first-order valence-electron chi connectivity index (χ1n) is 7.89. The molecule has 1 saturated heterocycles. The molecule has 0 saturated carbocycles. The largest absolute Gasteiger partial charge is 0.336 e. The monoisotopic (exact) mass is 538 g/mol. The van der Waals surface area contributed by atoms with E-state index in [1.807, 2.05) is 0 Å². The van der Waals surface area contributed by atoms with E-state index < -0.39 is 15.8 Å². The van der Waals surface area contributed by atoms with Crippen molar-refractivity contribution in [1.29, 1.82) is 0 Å². The fourth-order valence-electron chi connectivity index (χ4n) is 2.78. The van der Waals surface area contributed by atoms with Crippen molar-refractivity contribution >= 4 is 59.4 Å². The lowest BCUT2D eigenvalue weighted by Crippen LogP contribution is -2.50. The maximum Gasteiger partial charge on any atom is 0.255 e. The van der Waals surface area contributed by atoms with Gasteiger partial charge in [-0.25, -0.2) is 12.8 Å². The van der Waals surface area contributed by atoms with Crippen LogP contribution in [0.5, 0.6) is 0 Å². The quantitative estimate of drug-likeness (QED) is 0.588. The summed E-state index contributed by atoms with van der Waals surface area (Å²) < 4.78 is 41.5. The molecule has 0 aromatic heterocycles. The van der Waals surface area contributed by atoms with Crippen LogP contribution >= 0.6 is 43.5 Å². The molecule has 10 heteroatoms. The van der Waals surface area contributed by atoms with Crippen LogP contribution in [0.3, 0.4) is 0 Å². The number of piperazine rings is 1. The van der Waals surface area contributed by atoms with Gasteiger partial charge in [0, 0.05) is 35.1 Å². The topological polar surface area (TPSA) is 57.7 Å². The van der Waals surface area contributed by atoms with Gasteiger partial charge in [0.25, 0.3) is 5.91 Å². The van der Waals surface area contributed by atoms with Crippen molar-refractivity contribution in [2.75, 3.05) is 26.2 Å². The van der Waals surface area contributed by atoms with Crippen LogP contribution in [-0.4, -0.2) is 49.7 Å². The van der Waals surface area contributed by atoms with Crippen LogP contribution in [0.15, 0.2) is 50.2 Å². The second-order valence-electron chi connectivity index (χ2n) is 5.90. The Balaban J connectivity index is 1.75. The minimum Gasteiger partial charge on any atom is -0.336 e. The molecule has 1 heterocycles. The van der Waals surface area contributed by atoms with Crippen LogP contribution in [0.4, 0.5) is 4.39 Å². The highest BCUT2D eigenvalue weighted by Gasteiger charge is 2.32. The van der Waals surface area contributed by atoms with Crippen LogP contribution in [0.1, 0.15) is 10.4 Å². The van der Waals surface area contributed by atoms with Gasteiger partial charge >= 0.3 is 0 Å². The molecule has 2 aromatic rings. The highest BCUT2D eigenvalue weighted by molar-refractivity contribution is 9.11. The van der Waals surface area contributed by atoms with Gasteiger partial charge < -0.3 is 4.90 Å². The number of nitrogens with zero attached hydrogens (tertiary/aromatic N) is 2. The van der Waals surface area contributed by atoms with Crippen LogP contribution in [0.25, 0.3) is 0 Å². The van der Waals surface area contributed by atoms with Gasteiger partial charge in [-0.15, -0.1) is 0 Å². The lowest BCUT2D eigenvalue weighted by atomic mass is 10.2. The first-order valence-corrected chi connectivity index (χ1v) is 11.3. The van der Waals surface area contributed by atoms with Crippen molar-refractivity contribution in [2.45, 2.75) is 4.90 Å². The Hall–Kier alpha value is -1.000. The zero-order chi connectivity index (χ0) is 19.8. The molecule has 0 atom stereocenters. The van der Waals surface area contributed by atoms with Crippen LogP contribution in [0, 0.1) is 5.82 Å². The Morgan fingerprint density at radius 2 is 1.70 bits per heavy atom. The van der Waals surface area contributed by atoms with E-state index in [9.17, 15) is 17.6 Å². The standard InChI is InChI=1S/C17H14Br2ClFN2O3S/c18-11-1-4-14(19)16(9-11)27(25,26)23-7-5-22(6-8-23)17(24)13-3-2-12(21)10-15(13)20/h1-4,9-10H,5-8H2. The summed E-state index contributed by atoms with van der Waals surface area (Å²) in [5.41, 5.74) is 0.198. The highest BCUT2D eigenvalue weighted by Crippen LogP contribution is 2.29. The molecule has 0 radical (unpaired) electrons. The molecule has 2 aromatic carbocycles. The third-order valence-corrected chi connectivity index (χ3v) is 7.90. The molecule has 1 fully saturated rings. The second-order valence-corrected chi connectivity index (χ2v) is 9.98. The van der Waals surface area contributed by atoms with E-state index in [-0.39, 0.29) is 47.6 Å². The summed E-state index contributed by atoms with van der Waals surface area (Å²) in [6.45, 7) is 0.756. The predicted octanol–water partition coefficient (Wildman–Crippen LogP) is 4.15. The van der Waals surface area contributed by atoms with E-state index in [0.29, 0.717) is 8.95 Å². The Morgan fingerprint density at radius 1 is 1.04 bits per heavy atom. The Morgan fingerprint density at radius 3 is 2.33 bits per heavy atom. The summed E-state index contributed by atoms with van der Waals surface area (Å²) >= 11 is 12.5. The molecule has 27 heavy (non-hydrogen) atoms. The SMILES string of the molecule is O=C(c1ccc(F)cc1Cl)N1CCN(S(=O)(=O)c2cc(Br)ccc2Br)CC1. The van der Waals surface area contributed by atoms with Crippen molar-refractivity contribution in [3.8, 4) is 0 Å². The fourth-order valence-corrected chi connectivity index (χ4v) is 5.91. The molecule has 1 amide bonds. The number of rotatable bonds is 3. The average Bonchev–Trinajstić information content (AvgIpc) is 2.63. The Kier molecular flexibility index (Phi) is 6.27. The van der Waals surface area contributed by atoms with Gasteiger partial charge in [-0.2, -0.15) is 4.31 Å². The third-order valence-electron chi connectivity index (χ3n) is 4.20. The van der Waals surface area contributed by atoms with Crippen LogP contribution < -0.4 is 0 Å². The van der Waals surface area contributed by atoms with Gasteiger partial charge in [0.15, 0.2) is 0 Å². The molecule has 1 aliphatic rings. The third kappa shape index (κ3) is 4.37. The Bertz CT molecular complexity index is 996. The van der Waals surface area contributed by atoms with Gasteiger partial charge in [0.1, 0.15) is 5.82 Å². The molecule has 1 aliphatic heterocycles. The smallest absolute Gasteiger partial charge is 0.255 e. The first kappa shape index (κ1) is 20.7. The lowest BCUT2D eigenvalue weighted by molar-refractivity contribution is 0.0698. The van der Waals surface area contributed by atoms with E-state index in [1.165, 1.54) is 27.4 Å². The Labute approximate surface area is 178 Å². The predicted molar refractivity (Wildman–Crippen MR) is 108 cm³/mol. The summed E-state index contributed by atoms with van der Waals surface area (Å²) in [6.07, 6.45) is 0. The average molecular weight is 541 g/mol.